The zero-order valence-corrected chi connectivity index (χ0v) is 13.0. The van der Waals surface area contributed by atoms with Gasteiger partial charge in [0.15, 0.2) is 0 Å². The molecule has 4 nitrogen and oxygen atoms in total. The molecule has 1 aromatic heterocycles. The van der Waals surface area contributed by atoms with Crippen LogP contribution in [-0.2, 0) is 4.74 Å². The second-order valence-corrected chi connectivity index (χ2v) is 6.05. The van der Waals surface area contributed by atoms with E-state index in [9.17, 15) is 4.79 Å². The highest BCUT2D eigenvalue weighted by Gasteiger charge is 2.35. The Balaban J connectivity index is 1.97. The summed E-state index contributed by atoms with van der Waals surface area (Å²) in [6, 6.07) is 1.99. The van der Waals surface area contributed by atoms with Gasteiger partial charge in [-0.15, -0.1) is 0 Å². The number of rotatable bonds is 4. The van der Waals surface area contributed by atoms with Crippen molar-refractivity contribution >= 4 is 21.8 Å². The van der Waals surface area contributed by atoms with Gasteiger partial charge in [-0.2, -0.15) is 0 Å². The topological polar surface area (TPSA) is 54.1 Å². The summed E-state index contributed by atoms with van der Waals surface area (Å²) < 4.78 is 6.81. The van der Waals surface area contributed by atoms with Crippen LogP contribution in [0.2, 0.25) is 0 Å². The zero-order valence-electron chi connectivity index (χ0n) is 11.5. The number of hydrogen-bond donors (Lipinski definition) is 2. The van der Waals surface area contributed by atoms with Gasteiger partial charge >= 0.3 is 0 Å². The van der Waals surface area contributed by atoms with Gasteiger partial charge in [0.1, 0.15) is 5.69 Å². The first kappa shape index (κ1) is 14.6. The summed E-state index contributed by atoms with van der Waals surface area (Å²) in [7, 11) is 0. The van der Waals surface area contributed by atoms with E-state index in [1.165, 1.54) is 0 Å². The molecule has 0 saturated carbocycles. The maximum absolute atomic E-state index is 12.1. The van der Waals surface area contributed by atoms with Crippen LogP contribution in [0.5, 0.6) is 0 Å². The van der Waals surface area contributed by atoms with Crippen LogP contribution >= 0.6 is 15.9 Å². The maximum Gasteiger partial charge on any atom is 0.267 e. The number of aromatic nitrogens is 1. The van der Waals surface area contributed by atoms with Gasteiger partial charge in [0.05, 0.1) is 5.60 Å². The minimum Gasteiger partial charge on any atom is -0.375 e. The fourth-order valence-electron chi connectivity index (χ4n) is 2.66. The summed E-state index contributed by atoms with van der Waals surface area (Å²) >= 11 is 3.33. The molecule has 0 bridgehead atoms. The van der Waals surface area contributed by atoms with Crippen molar-refractivity contribution in [1.82, 2.24) is 10.3 Å². The first-order valence-corrected chi connectivity index (χ1v) is 7.66. The van der Waals surface area contributed by atoms with Crippen LogP contribution in [0.25, 0.3) is 0 Å². The summed E-state index contributed by atoms with van der Waals surface area (Å²) in [5, 5.41) is 3.10. The smallest absolute Gasteiger partial charge is 0.267 e. The van der Waals surface area contributed by atoms with E-state index in [4.69, 9.17) is 4.74 Å². The van der Waals surface area contributed by atoms with E-state index in [-0.39, 0.29) is 17.6 Å². The van der Waals surface area contributed by atoms with Gasteiger partial charge in [-0.25, -0.2) is 0 Å². The number of ether oxygens (including phenoxy) is 1. The van der Waals surface area contributed by atoms with Crippen LogP contribution in [0.1, 0.15) is 50.0 Å². The van der Waals surface area contributed by atoms with Crippen molar-refractivity contribution in [2.75, 3.05) is 6.61 Å². The largest absolute Gasteiger partial charge is 0.375 e. The summed E-state index contributed by atoms with van der Waals surface area (Å²) in [6.07, 6.45) is 5.53. The average molecular weight is 329 g/mol. The number of carbonyl (C=O) groups excluding carboxylic acids is 1. The molecule has 1 fully saturated rings. The van der Waals surface area contributed by atoms with Crippen LogP contribution in [0.3, 0.4) is 0 Å². The highest BCUT2D eigenvalue weighted by molar-refractivity contribution is 9.10. The molecule has 2 heterocycles. The Hall–Kier alpha value is -0.810. The first-order valence-electron chi connectivity index (χ1n) is 6.87. The van der Waals surface area contributed by atoms with Crippen LogP contribution in [0.4, 0.5) is 0 Å². The molecule has 1 atom stereocenters. The van der Waals surface area contributed by atoms with Gasteiger partial charge in [0.2, 0.25) is 0 Å². The van der Waals surface area contributed by atoms with Crippen LogP contribution in [-0.4, -0.2) is 29.1 Å². The van der Waals surface area contributed by atoms with Crippen molar-refractivity contribution < 1.29 is 9.53 Å². The Bertz CT molecular complexity index is 440. The highest BCUT2D eigenvalue weighted by Crippen LogP contribution is 2.31. The quantitative estimate of drug-likeness (QED) is 0.891. The lowest BCUT2D eigenvalue weighted by atomic mass is 9.86. The van der Waals surface area contributed by atoms with Gasteiger partial charge in [-0.05, 0) is 47.7 Å². The summed E-state index contributed by atoms with van der Waals surface area (Å²) in [6.45, 7) is 5.02. The Morgan fingerprint density at radius 1 is 1.58 bits per heavy atom. The average Bonchev–Trinajstić information content (AvgIpc) is 2.85. The van der Waals surface area contributed by atoms with E-state index in [0.717, 1.165) is 36.8 Å². The highest BCUT2D eigenvalue weighted by atomic mass is 79.9. The van der Waals surface area contributed by atoms with Gasteiger partial charge in [0.25, 0.3) is 5.91 Å². The molecule has 0 aromatic carbocycles. The van der Waals surface area contributed by atoms with Crippen LogP contribution < -0.4 is 5.32 Å². The van der Waals surface area contributed by atoms with Gasteiger partial charge in [-0.3, -0.25) is 4.79 Å². The number of halogens is 1. The molecule has 19 heavy (non-hydrogen) atoms. The van der Waals surface area contributed by atoms with Crippen LogP contribution in [0, 0.1) is 0 Å². The third-order valence-electron chi connectivity index (χ3n) is 4.01. The van der Waals surface area contributed by atoms with E-state index in [1.807, 2.05) is 0 Å². The predicted octanol–water partition coefficient (Wildman–Crippen LogP) is 3.24. The second kappa shape index (κ2) is 6.09. The first-order chi connectivity index (χ1) is 9.08. The molecule has 2 rings (SSSR count). The summed E-state index contributed by atoms with van der Waals surface area (Å²) in [5.41, 5.74) is 0.531. The molecule has 1 aromatic rings. The number of aromatic amines is 1. The normalized spacial score (nSPS) is 22.2. The number of carbonyl (C=O) groups is 1. The molecule has 1 aliphatic heterocycles. The van der Waals surface area contributed by atoms with Crippen molar-refractivity contribution in [3.05, 3.63) is 22.4 Å². The molecule has 0 radical (unpaired) electrons. The lowest BCUT2D eigenvalue weighted by molar-refractivity contribution is -0.0917. The number of hydrogen-bond acceptors (Lipinski definition) is 2. The lowest BCUT2D eigenvalue weighted by Crippen LogP contribution is -2.48. The molecule has 1 unspecified atom stereocenters. The Morgan fingerprint density at radius 3 is 2.89 bits per heavy atom. The van der Waals surface area contributed by atoms with Crippen LogP contribution in [0.15, 0.2) is 16.7 Å². The van der Waals surface area contributed by atoms with Crippen molar-refractivity contribution in [3.8, 4) is 0 Å². The Labute approximate surface area is 122 Å². The molecular weight excluding hydrogens is 308 g/mol. The third-order valence-corrected chi connectivity index (χ3v) is 4.47. The van der Waals surface area contributed by atoms with E-state index < -0.39 is 0 Å². The van der Waals surface area contributed by atoms with E-state index in [1.54, 1.807) is 12.3 Å². The molecule has 106 valence electrons. The standard InChI is InChI=1S/C14H21BrN2O2/c1-3-14(4-2)8-11(5-6-19-14)17-13(18)12-7-10(15)9-16-12/h7,9,11,16H,3-6,8H2,1-2H3,(H,17,18). The van der Waals surface area contributed by atoms with E-state index in [2.05, 4.69) is 40.1 Å². The number of nitrogens with one attached hydrogen (secondary N) is 2. The zero-order chi connectivity index (χ0) is 13.9. The summed E-state index contributed by atoms with van der Waals surface area (Å²) in [5.74, 6) is -0.0429. The monoisotopic (exact) mass is 328 g/mol. The molecule has 1 saturated heterocycles. The van der Waals surface area contributed by atoms with Crippen molar-refractivity contribution in [3.63, 3.8) is 0 Å². The third kappa shape index (κ3) is 3.39. The number of H-pyrrole nitrogens is 1. The van der Waals surface area contributed by atoms with E-state index >= 15 is 0 Å². The molecule has 0 spiro atoms. The van der Waals surface area contributed by atoms with Crippen molar-refractivity contribution in [1.29, 1.82) is 0 Å². The number of amides is 1. The molecule has 1 amide bonds. The molecule has 0 aliphatic carbocycles. The van der Waals surface area contributed by atoms with Gasteiger partial charge in [-0.1, -0.05) is 13.8 Å². The van der Waals surface area contributed by atoms with Crippen molar-refractivity contribution in [2.24, 2.45) is 0 Å². The Morgan fingerprint density at radius 2 is 2.32 bits per heavy atom. The minimum atomic E-state index is -0.0630. The molecular formula is C14H21BrN2O2. The maximum atomic E-state index is 12.1. The Kier molecular flexibility index (Phi) is 4.68. The lowest BCUT2D eigenvalue weighted by Gasteiger charge is -2.40. The van der Waals surface area contributed by atoms with Gasteiger partial charge < -0.3 is 15.0 Å². The summed E-state index contributed by atoms with van der Waals surface area (Å²) in [4.78, 5) is 15.1. The SMILES string of the molecule is CCC1(CC)CC(NC(=O)c2cc(Br)c[nH]2)CCO1. The van der Waals surface area contributed by atoms with E-state index in [0.29, 0.717) is 5.69 Å². The van der Waals surface area contributed by atoms with Gasteiger partial charge in [0, 0.05) is 23.3 Å². The minimum absolute atomic E-state index is 0.0429. The molecule has 1 aliphatic rings. The molecule has 5 heteroatoms. The fourth-order valence-corrected chi connectivity index (χ4v) is 3.00. The second-order valence-electron chi connectivity index (χ2n) is 5.13. The fraction of sp³-hybridized carbons (Fsp3) is 0.643. The molecule has 2 N–H and O–H groups in total. The van der Waals surface area contributed by atoms with Crippen molar-refractivity contribution in [2.45, 2.75) is 51.2 Å². The predicted molar refractivity (Wildman–Crippen MR) is 78.2 cm³/mol.